The SMILES string of the molecule is CC/C=C\C/C=C\C/C=C\C/C=C\C/C=C\CCCCCCCC(=O)OCC(COP(=O)(O)OCC(O)COP(=O)(O)OCC(O)COC(=O)CCCCCCCCCCCCC/C=C\C/C=C\C/C=C\C/C=C\CCCCC)OC(=O)CCCCCCC/C=C\C/C=C\C/C=C\C/C=C\C/C=C\CC. The molecule has 0 saturated heterocycles. The quantitative estimate of drug-likeness (QED) is 0.0146. The van der Waals surface area contributed by atoms with Crippen LogP contribution in [0.1, 0.15) is 303 Å². The Balaban J connectivity index is 4.69. The Morgan fingerprint density at radius 3 is 0.800 bits per heavy atom. The largest absolute Gasteiger partial charge is 0.472 e. The Morgan fingerprint density at radius 1 is 0.276 bits per heavy atom. The minimum atomic E-state index is -4.95. The number of phosphoric acid groups is 2. The summed E-state index contributed by atoms with van der Waals surface area (Å²) >= 11 is 0. The summed E-state index contributed by atoms with van der Waals surface area (Å²) in [7, 11) is -9.82. The molecule has 0 aliphatic carbocycles. The minimum Gasteiger partial charge on any atom is -0.463 e. The van der Waals surface area contributed by atoms with Crippen LogP contribution in [0.25, 0.3) is 0 Å². The third-order valence-corrected chi connectivity index (χ3v) is 18.3. The molecular formula is C87H144O16P2. The molecule has 598 valence electrons. The molecule has 0 radical (unpaired) electrons. The van der Waals surface area contributed by atoms with Gasteiger partial charge < -0.3 is 34.2 Å². The van der Waals surface area contributed by atoms with Gasteiger partial charge in [-0.15, -0.1) is 0 Å². The summed E-state index contributed by atoms with van der Waals surface area (Å²) in [6, 6.07) is 0. The van der Waals surface area contributed by atoms with Gasteiger partial charge in [0.15, 0.2) is 6.10 Å². The number of esters is 3. The molecule has 105 heavy (non-hydrogen) atoms. The van der Waals surface area contributed by atoms with Crippen LogP contribution in [0.3, 0.4) is 0 Å². The predicted octanol–water partition coefficient (Wildman–Crippen LogP) is 24.0. The highest BCUT2D eigenvalue weighted by atomic mass is 31.2. The lowest BCUT2D eigenvalue weighted by Crippen LogP contribution is -2.30. The Morgan fingerprint density at radius 2 is 0.505 bits per heavy atom. The lowest BCUT2D eigenvalue weighted by Gasteiger charge is -2.21. The van der Waals surface area contributed by atoms with Gasteiger partial charge in [-0.3, -0.25) is 32.5 Å². The molecule has 0 heterocycles. The maximum absolute atomic E-state index is 13.0. The van der Waals surface area contributed by atoms with E-state index in [2.05, 4.69) is 191 Å². The molecule has 0 spiro atoms. The van der Waals surface area contributed by atoms with Crippen LogP contribution < -0.4 is 0 Å². The van der Waals surface area contributed by atoms with E-state index >= 15 is 0 Å². The number of carbonyl (C=O) groups is 3. The number of allylic oxidation sites excluding steroid dienone is 28. The van der Waals surface area contributed by atoms with Gasteiger partial charge in [0, 0.05) is 19.3 Å². The van der Waals surface area contributed by atoms with Gasteiger partial charge in [0.05, 0.1) is 26.4 Å². The van der Waals surface area contributed by atoms with Crippen molar-refractivity contribution in [1.82, 2.24) is 0 Å². The molecule has 0 aliphatic rings. The first-order chi connectivity index (χ1) is 51.2. The van der Waals surface area contributed by atoms with Crippen molar-refractivity contribution in [3.8, 4) is 0 Å². The van der Waals surface area contributed by atoms with Gasteiger partial charge in [0.2, 0.25) is 0 Å². The zero-order valence-corrected chi connectivity index (χ0v) is 67.1. The number of hydrogen-bond donors (Lipinski definition) is 4. The highest BCUT2D eigenvalue weighted by molar-refractivity contribution is 7.47. The van der Waals surface area contributed by atoms with Crippen LogP contribution >= 0.6 is 15.6 Å². The molecule has 0 amide bonds. The summed E-state index contributed by atoms with van der Waals surface area (Å²) in [5, 5.41) is 20.7. The normalized spacial score (nSPS) is 14.8. The summed E-state index contributed by atoms with van der Waals surface area (Å²) < 4.78 is 61.2. The van der Waals surface area contributed by atoms with Crippen molar-refractivity contribution in [2.45, 2.75) is 322 Å². The number of aliphatic hydroxyl groups is 2. The zero-order chi connectivity index (χ0) is 76.6. The van der Waals surface area contributed by atoms with E-state index in [1.165, 1.54) is 70.6 Å². The van der Waals surface area contributed by atoms with E-state index in [4.69, 9.17) is 32.3 Å². The fourth-order valence-electron chi connectivity index (χ4n) is 10.3. The molecule has 4 N–H and O–H groups in total. The van der Waals surface area contributed by atoms with Crippen LogP contribution in [0.5, 0.6) is 0 Å². The first-order valence-electron chi connectivity index (χ1n) is 40.4. The summed E-state index contributed by atoms with van der Waals surface area (Å²) in [5.41, 5.74) is 0. The Kier molecular flexibility index (Phi) is 74.7. The van der Waals surface area contributed by atoms with Gasteiger partial charge in [-0.05, 0) is 154 Å². The average molecular weight is 1510 g/mol. The summed E-state index contributed by atoms with van der Waals surface area (Å²) in [5.74, 6) is -1.63. The van der Waals surface area contributed by atoms with Crippen molar-refractivity contribution in [1.29, 1.82) is 0 Å². The van der Waals surface area contributed by atoms with E-state index in [0.29, 0.717) is 19.3 Å². The van der Waals surface area contributed by atoms with Gasteiger partial charge in [0.1, 0.15) is 25.4 Å². The van der Waals surface area contributed by atoms with Gasteiger partial charge in [-0.1, -0.05) is 300 Å². The number of rotatable bonds is 75. The summed E-state index contributed by atoms with van der Waals surface area (Å²) in [6.07, 6.45) is 99.6. The van der Waals surface area contributed by atoms with E-state index < -0.39 is 91.5 Å². The second-order valence-corrected chi connectivity index (χ2v) is 29.4. The van der Waals surface area contributed by atoms with E-state index in [0.717, 1.165) is 173 Å². The molecule has 0 fully saturated rings. The fourth-order valence-corrected chi connectivity index (χ4v) is 11.9. The molecule has 0 bridgehead atoms. The van der Waals surface area contributed by atoms with Crippen molar-refractivity contribution in [2.24, 2.45) is 0 Å². The Bertz CT molecular complexity index is 2590. The van der Waals surface area contributed by atoms with Gasteiger partial charge >= 0.3 is 33.6 Å². The maximum Gasteiger partial charge on any atom is 0.472 e. The van der Waals surface area contributed by atoms with Crippen molar-refractivity contribution < 1.29 is 75.8 Å². The van der Waals surface area contributed by atoms with Gasteiger partial charge in [-0.25, -0.2) is 9.13 Å². The third kappa shape index (κ3) is 79.8. The molecule has 5 unspecified atom stereocenters. The number of aliphatic hydroxyl groups excluding tert-OH is 2. The van der Waals surface area contributed by atoms with Gasteiger partial charge in [0.25, 0.3) is 0 Å². The van der Waals surface area contributed by atoms with E-state index in [1.54, 1.807) is 0 Å². The van der Waals surface area contributed by atoms with E-state index in [-0.39, 0.29) is 19.3 Å². The molecule has 0 saturated carbocycles. The minimum absolute atomic E-state index is 0.0710. The average Bonchev–Trinajstić information content (AvgIpc) is 0.914. The van der Waals surface area contributed by atoms with Crippen LogP contribution in [0.15, 0.2) is 170 Å². The van der Waals surface area contributed by atoms with Crippen LogP contribution in [-0.2, 0) is 55.8 Å². The summed E-state index contributed by atoms with van der Waals surface area (Å²) in [4.78, 5) is 58.8. The van der Waals surface area contributed by atoms with Crippen molar-refractivity contribution >= 4 is 33.6 Å². The molecule has 18 heteroatoms. The van der Waals surface area contributed by atoms with Gasteiger partial charge in [-0.2, -0.15) is 0 Å². The number of carbonyl (C=O) groups excluding carboxylic acids is 3. The first-order valence-corrected chi connectivity index (χ1v) is 43.4. The van der Waals surface area contributed by atoms with Crippen molar-refractivity contribution in [2.75, 3.05) is 39.6 Å². The number of hydrogen-bond acceptors (Lipinski definition) is 14. The Labute approximate surface area is 637 Å². The first kappa shape index (κ1) is 99.9. The molecule has 0 aromatic heterocycles. The maximum atomic E-state index is 13.0. The van der Waals surface area contributed by atoms with Crippen LogP contribution in [-0.4, -0.2) is 95.9 Å². The lowest BCUT2D eigenvalue weighted by molar-refractivity contribution is -0.161. The fraction of sp³-hybridized carbons (Fsp3) is 0.644. The molecule has 0 rings (SSSR count). The zero-order valence-electron chi connectivity index (χ0n) is 65.3. The molecular weight excluding hydrogens is 1360 g/mol. The molecule has 0 aromatic rings. The second-order valence-electron chi connectivity index (χ2n) is 26.5. The highest BCUT2D eigenvalue weighted by Crippen LogP contribution is 2.45. The number of phosphoric ester groups is 2. The van der Waals surface area contributed by atoms with Crippen LogP contribution in [0.2, 0.25) is 0 Å². The number of unbranched alkanes of at least 4 members (excludes halogenated alkanes) is 24. The van der Waals surface area contributed by atoms with Crippen LogP contribution in [0.4, 0.5) is 0 Å². The molecule has 0 aromatic carbocycles. The lowest BCUT2D eigenvalue weighted by atomic mass is 10.0. The smallest absolute Gasteiger partial charge is 0.463 e. The second kappa shape index (κ2) is 78.5. The van der Waals surface area contributed by atoms with Crippen molar-refractivity contribution in [3.63, 3.8) is 0 Å². The molecule has 5 atom stereocenters. The molecule has 16 nitrogen and oxygen atoms in total. The summed E-state index contributed by atoms with van der Waals surface area (Å²) in [6.45, 7) is 2.37. The van der Waals surface area contributed by atoms with E-state index in [1.807, 2.05) is 0 Å². The number of ether oxygens (including phenoxy) is 3. The molecule has 0 aliphatic heterocycles. The van der Waals surface area contributed by atoms with Crippen LogP contribution in [0, 0.1) is 0 Å². The third-order valence-electron chi connectivity index (χ3n) is 16.4. The standard InChI is InChI=1S/C87H144O16P2/c1-4-7-10-13-16-19-22-25-28-31-34-37-38-39-40-41-42-45-47-49-52-55-58-61-64-67-70-73-85(90)97-76-82(88)77-99-104(93,94)100-78-83(89)79-101-105(95,96)102-81-84(103-87(92)75-72-69-66-63-60-57-54-51-48-44-36-33-30-27-24-21-18-15-12-9-6-3)80-98-86(91)74-71-68-65-62-59-56-53-50-46-43-35-32-29-26-23-20-17-14-11-8-5-2/h8-9,11-12,16-21,25-30,34-37,39-40,43-44,50-51,53-54,82-84,88-89H,4-7,10,13-15,22-24,31-33,38,41-42,45-49,52,55-81H2,1-3H3,(H,93,94)(H,95,96)/b11-8-,12-9-,19-16-,20-17-,21-18-,28-25-,29-26-,30-27-,37-34-,40-39-,43-35-,44-36-,53-50-,54-51-. The highest BCUT2D eigenvalue weighted by Gasteiger charge is 2.29. The Hall–Kier alpha value is -5.09. The topological polar surface area (TPSA) is 231 Å². The predicted molar refractivity (Wildman–Crippen MR) is 435 cm³/mol. The van der Waals surface area contributed by atoms with Crippen molar-refractivity contribution in [3.05, 3.63) is 170 Å². The monoisotopic (exact) mass is 1510 g/mol. The van der Waals surface area contributed by atoms with E-state index in [9.17, 15) is 43.5 Å².